The van der Waals surface area contributed by atoms with E-state index in [9.17, 15) is 4.39 Å². The Hall–Kier alpha value is -4.00. The number of halogens is 1. The second-order valence-corrected chi connectivity index (χ2v) is 6.90. The number of anilines is 6. The number of hydrogen-bond acceptors (Lipinski definition) is 6. The van der Waals surface area contributed by atoms with E-state index >= 15 is 0 Å². The average molecular weight is 400 g/mol. The van der Waals surface area contributed by atoms with Crippen LogP contribution in [0.2, 0.25) is 0 Å². The van der Waals surface area contributed by atoms with Crippen molar-refractivity contribution in [2.24, 2.45) is 0 Å². The Labute approximate surface area is 174 Å². The van der Waals surface area contributed by atoms with Gasteiger partial charge in [-0.25, -0.2) is 4.39 Å². The van der Waals surface area contributed by atoms with Crippen molar-refractivity contribution >= 4 is 34.9 Å². The van der Waals surface area contributed by atoms with Gasteiger partial charge in [0.25, 0.3) is 0 Å². The summed E-state index contributed by atoms with van der Waals surface area (Å²) in [5, 5.41) is 9.30. The van der Waals surface area contributed by atoms with Crippen LogP contribution in [0.4, 0.5) is 39.3 Å². The number of aromatic nitrogens is 3. The number of aryl methyl sites for hydroxylation is 2. The average Bonchev–Trinajstić information content (AvgIpc) is 2.70. The first-order valence-corrected chi connectivity index (χ1v) is 9.50. The second-order valence-electron chi connectivity index (χ2n) is 6.90. The molecule has 4 aromatic rings. The van der Waals surface area contributed by atoms with Gasteiger partial charge in [-0.3, -0.25) is 0 Å². The summed E-state index contributed by atoms with van der Waals surface area (Å²) in [4.78, 5) is 13.3. The summed E-state index contributed by atoms with van der Waals surface area (Å²) in [6.07, 6.45) is 0. The molecule has 0 bridgehead atoms. The minimum absolute atomic E-state index is 0.223. The fourth-order valence-electron chi connectivity index (χ4n) is 2.93. The minimum atomic E-state index is -0.390. The van der Waals surface area contributed by atoms with Crippen LogP contribution >= 0.6 is 0 Å². The Kier molecular flexibility index (Phi) is 5.52. The molecule has 7 heteroatoms. The van der Waals surface area contributed by atoms with Gasteiger partial charge in [-0.1, -0.05) is 36.4 Å². The Morgan fingerprint density at radius 2 is 1.10 bits per heavy atom. The van der Waals surface area contributed by atoms with Crippen molar-refractivity contribution in [3.05, 3.63) is 89.7 Å². The molecule has 150 valence electrons. The Balaban J connectivity index is 1.68. The minimum Gasteiger partial charge on any atom is -0.324 e. The summed E-state index contributed by atoms with van der Waals surface area (Å²) in [6.45, 7) is 4.02. The van der Waals surface area contributed by atoms with Crippen LogP contribution < -0.4 is 16.0 Å². The first-order valence-electron chi connectivity index (χ1n) is 9.50. The van der Waals surface area contributed by atoms with E-state index in [0.717, 1.165) is 22.5 Å². The molecule has 3 N–H and O–H groups in total. The zero-order valence-electron chi connectivity index (χ0n) is 16.6. The lowest BCUT2D eigenvalue weighted by molar-refractivity contribution is 0.631. The Bertz CT molecular complexity index is 1110. The lowest BCUT2D eigenvalue weighted by Crippen LogP contribution is -2.08. The zero-order chi connectivity index (χ0) is 20.9. The maximum absolute atomic E-state index is 14.1. The van der Waals surface area contributed by atoms with E-state index in [1.54, 1.807) is 18.2 Å². The van der Waals surface area contributed by atoms with Crippen LogP contribution in [0.15, 0.2) is 72.8 Å². The molecule has 0 radical (unpaired) electrons. The van der Waals surface area contributed by atoms with Gasteiger partial charge in [0, 0.05) is 11.4 Å². The van der Waals surface area contributed by atoms with Crippen LogP contribution in [0.25, 0.3) is 0 Å². The molecule has 3 aromatic carbocycles. The fraction of sp³-hybridized carbons (Fsp3) is 0.0870. The highest BCUT2D eigenvalue weighted by molar-refractivity contribution is 5.62. The smallest absolute Gasteiger partial charge is 0.233 e. The summed E-state index contributed by atoms with van der Waals surface area (Å²) < 4.78 is 14.1. The van der Waals surface area contributed by atoms with E-state index in [1.807, 2.05) is 62.4 Å². The molecule has 6 nitrogen and oxygen atoms in total. The van der Waals surface area contributed by atoms with Gasteiger partial charge in [0.05, 0.1) is 5.69 Å². The number of hydrogen-bond donors (Lipinski definition) is 3. The third kappa shape index (κ3) is 4.88. The molecule has 0 unspecified atom stereocenters. The van der Waals surface area contributed by atoms with Crippen LogP contribution in [-0.4, -0.2) is 15.0 Å². The molecule has 0 spiro atoms. The van der Waals surface area contributed by atoms with Crippen LogP contribution in [0.1, 0.15) is 11.1 Å². The standard InChI is InChI=1S/C23H21FN6/c1-15-7-5-9-17(13-15)25-21-28-22(26-18-10-6-8-16(2)14-18)30-23(29-21)27-20-12-4-3-11-19(20)24/h3-14H,1-2H3,(H3,25,26,27,28,29,30). The summed E-state index contributed by atoms with van der Waals surface area (Å²) in [7, 11) is 0. The highest BCUT2D eigenvalue weighted by Crippen LogP contribution is 2.22. The van der Waals surface area contributed by atoms with Crippen LogP contribution in [0, 0.1) is 19.7 Å². The second kappa shape index (κ2) is 8.57. The highest BCUT2D eigenvalue weighted by atomic mass is 19.1. The molecule has 0 fully saturated rings. The molecule has 4 rings (SSSR count). The van der Waals surface area contributed by atoms with Gasteiger partial charge in [-0.2, -0.15) is 15.0 Å². The van der Waals surface area contributed by atoms with Gasteiger partial charge in [0.15, 0.2) is 0 Å². The molecule has 1 aromatic heterocycles. The summed E-state index contributed by atoms with van der Waals surface area (Å²) >= 11 is 0. The van der Waals surface area contributed by atoms with Gasteiger partial charge >= 0.3 is 0 Å². The van der Waals surface area contributed by atoms with Crippen molar-refractivity contribution in [2.45, 2.75) is 13.8 Å². The number of para-hydroxylation sites is 1. The normalized spacial score (nSPS) is 10.5. The quantitative estimate of drug-likeness (QED) is 0.376. The number of rotatable bonds is 6. The van der Waals surface area contributed by atoms with Crippen LogP contribution in [-0.2, 0) is 0 Å². The van der Waals surface area contributed by atoms with Crippen molar-refractivity contribution in [1.82, 2.24) is 15.0 Å². The monoisotopic (exact) mass is 400 g/mol. The molecule has 0 aliphatic rings. The summed E-state index contributed by atoms with van der Waals surface area (Å²) in [5.74, 6) is 0.508. The van der Waals surface area contributed by atoms with E-state index in [4.69, 9.17) is 0 Å². The molecule has 30 heavy (non-hydrogen) atoms. The van der Waals surface area contributed by atoms with E-state index in [-0.39, 0.29) is 17.5 Å². The topological polar surface area (TPSA) is 74.8 Å². The van der Waals surface area contributed by atoms with Gasteiger partial charge in [0.2, 0.25) is 17.8 Å². The molecular formula is C23H21FN6. The third-order valence-corrected chi connectivity index (χ3v) is 4.30. The zero-order valence-corrected chi connectivity index (χ0v) is 16.6. The molecule has 0 atom stereocenters. The first-order chi connectivity index (χ1) is 14.5. The summed E-state index contributed by atoms with van der Waals surface area (Å²) in [6, 6.07) is 22.1. The highest BCUT2D eigenvalue weighted by Gasteiger charge is 2.10. The lowest BCUT2D eigenvalue weighted by atomic mass is 10.2. The molecule has 0 aliphatic heterocycles. The summed E-state index contributed by atoms with van der Waals surface area (Å²) in [5.41, 5.74) is 4.19. The number of benzene rings is 3. The van der Waals surface area contributed by atoms with Gasteiger partial charge in [-0.15, -0.1) is 0 Å². The van der Waals surface area contributed by atoms with Crippen molar-refractivity contribution in [3.8, 4) is 0 Å². The van der Waals surface area contributed by atoms with E-state index in [1.165, 1.54) is 6.07 Å². The molecule has 0 saturated heterocycles. The van der Waals surface area contributed by atoms with Gasteiger partial charge in [0.1, 0.15) is 5.82 Å². The Morgan fingerprint density at radius 3 is 1.60 bits per heavy atom. The van der Waals surface area contributed by atoms with E-state index in [2.05, 4.69) is 30.9 Å². The van der Waals surface area contributed by atoms with E-state index < -0.39 is 0 Å². The molecule has 0 amide bonds. The van der Waals surface area contributed by atoms with Crippen molar-refractivity contribution in [3.63, 3.8) is 0 Å². The van der Waals surface area contributed by atoms with Gasteiger partial charge in [-0.05, 0) is 61.4 Å². The number of nitrogens with one attached hydrogen (secondary N) is 3. The Morgan fingerprint density at radius 1 is 0.600 bits per heavy atom. The van der Waals surface area contributed by atoms with Crippen molar-refractivity contribution in [2.75, 3.05) is 16.0 Å². The van der Waals surface area contributed by atoms with Crippen molar-refractivity contribution in [1.29, 1.82) is 0 Å². The predicted octanol–water partition coefficient (Wildman–Crippen LogP) is 5.86. The fourth-order valence-corrected chi connectivity index (χ4v) is 2.93. The maximum atomic E-state index is 14.1. The predicted molar refractivity (Wildman–Crippen MR) is 118 cm³/mol. The molecular weight excluding hydrogens is 379 g/mol. The lowest BCUT2D eigenvalue weighted by Gasteiger charge is -2.12. The van der Waals surface area contributed by atoms with Crippen LogP contribution in [0.3, 0.4) is 0 Å². The third-order valence-electron chi connectivity index (χ3n) is 4.30. The maximum Gasteiger partial charge on any atom is 0.233 e. The van der Waals surface area contributed by atoms with Crippen molar-refractivity contribution < 1.29 is 4.39 Å². The first kappa shape index (κ1) is 19.3. The number of nitrogens with zero attached hydrogens (tertiary/aromatic N) is 3. The SMILES string of the molecule is Cc1cccc(Nc2nc(Nc3cccc(C)c3)nc(Nc3ccccc3F)n2)c1. The molecule has 0 saturated carbocycles. The van der Waals surface area contributed by atoms with Crippen LogP contribution in [0.5, 0.6) is 0 Å². The largest absolute Gasteiger partial charge is 0.324 e. The van der Waals surface area contributed by atoms with E-state index in [0.29, 0.717) is 11.9 Å². The van der Waals surface area contributed by atoms with Gasteiger partial charge < -0.3 is 16.0 Å². The molecule has 1 heterocycles. The molecule has 0 aliphatic carbocycles.